The Kier molecular flexibility index (Phi) is 3.37. The van der Waals surface area contributed by atoms with E-state index in [-0.39, 0.29) is 17.8 Å². The lowest BCUT2D eigenvalue weighted by Gasteiger charge is -2.19. The van der Waals surface area contributed by atoms with E-state index in [0.29, 0.717) is 13.0 Å². The van der Waals surface area contributed by atoms with Gasteiger partial charge in [0.15, 0.2) is 0 Å². The van der Waals surface area contributed by atoms with Gasteiger partial charge in [-0.05, 0) is 19.3 Å². The number of hydrogen-bond acceptors (Lipinski definition) is 3. The van der Waals surface area contributed by atoms with Gasteiger partial charge in [-0.15, -0.1) is 0 Å². The minimum absolute atomic E-state index is 0.118. The first-order valence-corrected chi connectivity index (χ1v) is 5.39. The molecule has 1 fully saturated rings. The quantitative estimate of drug-likeness (QED) is 0.518. The van der Waals surface area contributed by atoms with Crippen LogP contribution in [-0.4, -0.2) is 37.5 Å². The minimum atomic E-state index is -0.867. The summed E-state index contributed by atoms with van der Waals surface area (Å²) in [6.07, 6.45) is 1.48. The summed E-state index contributed by atoms with van der Waals surface area (Å²) in [5.74, 6) is -0.310. The van der Waals surface area contributed by atoms with Crippen LogP contribution in [0.15, 0.2) is 0 Å². The van der Waals surface area contributed by atoms with Crippen LogP contribution >= 0.6 is 0 Å². The van der Waals surface area contributed by atoms with Gasteiger partial charge in [0.25, 0.3) is 0 Å². The van der Waals surface area contributed by atoms with Crippen molar-refractivity contribution in [1.29, 1.82) is 0 Å². The smallest absolute Gasteiger partial charge is 0.321 e. The third-order valence-corrected chi connectivity index (χ3v) is 3.03. The zero-order valence-electron chi connectivity index (χ0n) is 9.87. The van der Waals surface area contributed by atoms with Crippen LogP contribution in [0.1, 0.15) is 26.7 Å². The summed E-state index contributed by atoms with van der Waals surface area (Å²) in [5, 5.41) is 0. The average Bonchev–Trinajstić information content (AvgIpc) is 2.92. The minimum Gasteiger partial charge on any atom is -0.465 e. The predicted molar refractivity (Wildman–Crippen MR) is 56.2 cm³/mol. The number of amides is 1. The Balaban J connectivity index is 2.83. The number of nitrogens with zero attached hydrogens (tertiary/aromatic N) is 1. The highest BCUT2D eigenvalue weighted by atomic mass is 16.5. The van der Waals surface area contributed by atoms with Gasteiger partial charge >= 0.3 is 5.97 Å². The van der Waals surface area contributed by atoms with Crippen molar-refractivity contribution in [3.05, 3.63) is 0 Å². The van der Waals surface area contributed by atoms with Crippen molar-refractivity contribution in [2.75, 3.05) is 20.7 Å². The second kappa shape index (κ2) is 4.21. The largest absolute Gasteiger partial charge is 0.465 e. The van der Waals surface area contributed by atoms with E-state index in [2.05, 4.69) is 0 Å². The summed E-state index contributed by atoms with van der Waals surface area (Å²) < 4.78 is 4.99. The highest BCUT2D eigenvalue weighted by Gasteiger charge is 2.66. The van der Waals surface area contributed by atoms with E-state index in [0.717, 1.165) is 6.42 Å². The van der Waals surface area contributed by atoms with Gasteiger partial charge in [-0.1, -0.05) is 13.3 Å². The molecular formula is C11H19NO3. The molecule has 2 atom stereocenters. The fourth-order valence-electron chi connectivity index (χ4n) is 2.08. The molecule has 0 aromatic rings. The fourth-order valence-corrected chi connectivity index (χ4v) is 2.08. The highest BCUT2D eigenvalue weighted by Crippen LogP contribution is 2.56. The number of hydrogen-bond donors (Lipinski definition) is 0. The Morgan fingerprint density at radius 2 is 2.00 bits per heavy atom. The van der Waals surface area contributed by atoms with Gasteiger partial charge in [0, 0.05) is 14.1 Å². The van der Waals surface area contributed by atoms with Crippen LogP contribution in [0.25, 0.3) is 0 Å². The number of esters is 1. The van der Waals surface area contributed by atoms with E-state index >= 15 is 0 Å². The summed E-state index contributed by atoms with van der Waals surface area (Å²) in [6.45, 7) is 4.08. The molecule has 0 heterocycles. The number of rotatable bonds is 4. The van der Waals surface area contributed by atoms with E-state index in [1.165, 1.54) is 4.90 Å². The van der Waals surface area contributed by atoms with Gasteiger partial charge in [-0.3, -0.25) is 9.59 Å². The maximum Gasteiger partial charge on any atom is 0.321 e. The van der Waals surface area contributed by atoms with Gasteiger partial charge in [0.05, 0.1) is 6.61 Å². The molecule has 4 heteroatoms. The van der Waals surface area contributed by atoms with Gasteiger partial charge in [-0.25, -0.2) is 0 Å². The SMILES string of the molecule is CCOC(=O)[C@]1(C(=O)N(C)C)C[C@@H]1CC. The van der Waals surface area contributed by atoms with Crippen LogP contribution in [0, 0.1) is 11.3 Å². The average molecular weight is 213 g/mol. The van der Waals surface area contributed by atoms with Crippen molar-refractivity contribution < 1.29 is 14.3 Å². The molecule has 1 aliphatic rings. The maximum absolute atomic E-state index is 11.9. The van der Waals surface area contributed by atoms with E-state index in [1.807, 2.05) is 6.92 Å². The molecule has 1 amide bonds. The molecule has 0 bridgehead atoms. The Bertz CT molecular complexity index is 275. The second-order valence-electron chi connectivity index (χ2n) is 4.20. The topological polar surface area (TPSA) is 46.6 Å². The van der Waals surface area contributed by atoms with Crippen LogP contribution in [0.2, 0.25) is 0 Å². The van der Waals surface area contributed by atoms with E-state index in [9.17, 15) is 9.59 Å². The molecular weight excluding hydrogens is 194 g/mol. The number of carbonyl (C=O) groups is 2. The molecule has 15 heavy (non-hydrogen) atoms. The first-order valence-electron chi connectivity index (χ1n) is 5.39. The summed E-state index contributed by atoms with van der Waals surface area (Å²) in [4.78, 5) is 25.2. The van der Waals surface area contributed by atoms with Crippen molar-refractivity contribution in [3.8, 4) is 0 Å². The zero-order valence-corrected chi connectivity index (χ0v) is 9.87. The van der Waals surface area contributed by atoms with Gasteiger partial charge in [0.2, 0.25) is 5.91 Å². The van der Waals surface area contributed by atoms with Crippen LogP contribution in [0.3, 0.4) is 0 Å². The normalized spacial score (nSPS) is 28.4. The summed E-state index contributed by atoms with van der Waals surface area (Å²) in [5.41, 5.74) is -0.867. The fraction of sp³-hybridized carbons (Fsp3) is 0.818. The van der Waals surface area contributed by atoms with Crippen molar-refractivity contribution in [2.45, 2.75) is 26.7 Å². The lowest BCUT2D eigenvalue weighted by Crippen LogP contribution is -2.38. The van der Waals surface area contributed by atoms with Crippen LogP contribution in [-0.2, 0) is 14.3 Å². The molecule has 0 unspecified atom stereocenters. The molecule has 0 aliphatic heterocycles. The summed E-state index contributed by atoms with van der Waals surface area (Å²) in [6, 6.07) is 0. The van der Waals surface area contributed by atoms with Crippen LogP contribution in [0.5, 0.6) is 0 Å². The molecule has 0 N–H and O–H groups in total. The Morgan fingerprint density at radius 1 is 1.40 bits per heavy atom. The van der Waals surface area contributed by atoms with Crippen LogP contribution in [0.4, 0.5) is 0 Å². The Labute approximate surface area is 90.6 Å². The Hall–Kier alpha value is -1.06. The van der Waals surface area contributed by atoms with Crippen molar-refractivity contribution in [2.24, 2.45) is 11.3 Å². The molecule has 4 nitrogen and oxygen atoms in total. The summed E-state index contributed by atoms with van der Waals surface area (Å²) >= 11 is 0. The number of ether oxygens (including phenoxy) is 1. The van der Waals surface area contributed by atoms with Crippen molar-refractivity contribution >= 4 is 11.9 Å². The lowest BCUT2D eigenvalue weighted by molar-refractivity contribution is -0.157. The van der Waals surface area contributed by atoms with Gasteiger partial charge in [0.1, 0.15) is 5.41 Å². The Morgan fingerprint density at radius 3 is 2.33 bits per heavy atom. The molecule has 0 spiro atoms. The molecule has 0 saturated heterocycles. The molecule has 0 aromatic carbocycles. The molecule has 1 aliphatic carbocycles. The molecule has 1 rings (SSSR count). The molecule has 1 saturated carbocycles. The monoisotopic (exact) mass is 213 g/mol. The third-order valence-electron chi connectivity index (χ3n) is 3.03. The van der Waals surface area contributed by atoms with Gasteiger partial charge < -0.3 is 9.64 Å². The lowest BCUT2D eigenvalue weighted by atomic mass is 10.0. The van der Waals surface area contributed by atoms with E-state index in [4.69, 9.17) is 4.74 Å². The molecule has 86 valence electrons. The van der Waals surface area contributed by atoms with Crippen LogP contribution < -0.4 is 0 Å². The third kappa shape index (κ3) is 1.85. The standard InChI is InChI=1S/C11H19NO3/c1-5-8-7-11(8,9(13)12(3)4)10(14)15-6-2/h8H,5-7H2,1-4H3/t8-,11+/m0/s1. The highest BCUT2D eigenvalue weighted by molar-refractivity contribution is 6.06. The first kappa shape index (κ1) is 12.0. The van der Waals surface area contributed by atoms with Crippen molar-refractivity contribution in [1.82, 2.24) is 4.90 Å². The van der Waals surface area contributed by atoms with E-state index < -0.39 is 5.41 Å². The second-order valence-corrected chi connectivity index (χ2v) is 4.20. The summed E-state index contributed by atoms with van der Waals surface area (Å²) in [7, 11) is 3.35. The van der Waals surface area contributed by atoms with E-state index in [1.54, 1.807) is 21.0 Å². The number of carbonyl (C=O) groups excluding carboxylic acids is 2. The first-order chi connectivity index (χ1) is 7.00. The zero-order chi connectivity index (χ0) is 11.6. The van der Waals surface area contributed by atoms with Gasteiger partial charge in [-0.2, -0.15) is 0 Å². The predicted octanol–water partition coefficient (Wildman–Crippen LogP) is 1.05. The maximum atomic E-state index is 11.9. The molecule has 0 aromatic heterocycles. The molecule has 0 radical (unpaired) electrons. The van der Waals surface area contributed by atoms with Crippen molar-refractivity contribution in [3.63, 3.8) is 0 Å².